The zero-order valence-electron chi connectivity index (χ0n) is 13.8. The lowest BCUT2D eigenvalue weighted by Gasteiger charge is -2.24. The molecule has 2 N–H and O–H groups in total. The van der Waals surface area contributed by atoms with Crippen LogP contribution in [-0.4, -0.2) is 40.4 Å². The predicted molar refractivity (Wildman–Crippen MR) is 83.1 cm³/mol. The molecule has 1 atom stereocenters. The van der Waals surface area contributed by atoms with Gasteiger partial charge in [0, 0.05) is 0 Å². The Labute approximate surface area is 136 Å². The van der Waals surface area contributed by atoms with Gasteiger partial charge in [-0.15, -0.1) is 0 Å². The van der Waals surface area contributed by atoms with Crippen molar-refractivity contribution in [1.29, 1.82) is 5.26 Å². The van der Waals surface area contributed by atoms with E-state index >= 15 is 0 Å². The van der Waals surface area contributed by atoms with Crippen molar-refractivity contribution in [2.24, 2.45) is 0 Å². The number of urea groups is 1. The molecule has 0 spiro atoms. The average molecular weight is 320 g/mol. The molecule has 1 heterocycles. The number of nitriles is 1. The molecule has 0 radical (unpaired) electrons. The number of unbranched alkanes of at least 4 members (excludes halogenated alkanes) is 1. The second kappa shape index (κ2) is 6.57. The minimum atomic E-state index is -0.937. The highest BCUT2D eigenvalue weighted by atomic mass is 16.2. The molecule has 0 aromatic heterocycles. The smallest absolute Gasteiger partial charge is 0.325 e. The van der Waals surface area contributed by atoms with Crippen LogP contribution in [0.3, 0.4) is 0 Å². The zero-order chi connectivity index (χ0) is 17.1. The van der Waals surface area contributed by atoms with Crippen molar-refractivity contribution >= 4 is 17.8 Å². The van der Waals surface area contributed by atoms with Gasteiger partial charge in [0.25, 0.3) is 5.91 Å². The van der Waals surface area contributed by atoms with Gasteiger partial charge in [-0.05, 0) is 39.0 Å². The number of hydrogen-bond donors (Lipinski definition) is 2. The lowest BCUT2D eigenvalue weighted by molar-refractivity contribution is -0.135. The van der Waals surface area contributed by atoms with Crippen molar-refractivity contribution in [2.45, 2.75) is 69.9 Å². The Morgan fingerprint density at radius 1 is 1.39 bits per heavy atom. The molecular formula is C16H24N4O3. The van der Waals surface area contributed by atoms with Crippen molar-refractivity contribution < 1.29 is 14.4 Å². The van der Waals surface area contributed by atoms with E-state index in [0.717, 1.165) is 30.6 Å². The van der Waals surface area contributed by atoms with Crippen LogP contribution in [0.25, 0.3) is 0 Å². The molecule has 1 aliphatic carbocycles. The summed E-state index contributed by atoms with van der Waals surface area (Å²) in [5.74, 6) is -0.833. The topological polar surface area (TPSA) is 102 Å². The fourth-order valence-corrected chi connectivity index (χ4v) is 3.28. The summed E-state index contributed by atoms with van der Waals surface area (Å²) >= 11 is 0. The molecule has 2 aliphatic rings. The summed E-state index contributed by atoms with van der Waals surface area (Å²) in [4.78, 5) is 37.6. The van der Waals surface area contributed by atoms with Gasteiger partial charge >= 0.3 is 6.03 Å². The number of nitrogens with zero attached hydrogens (tertiary/aromatic N) is 2. The molecule has 0 aromatic rings. The maximum atomic E-state index is 12.5. The third-order valence-corrected chi connectivity index (χ3v) is 4.73. The van der Waals surface area contributed by atoms with Gasteiger partial charge in [-0.2, -0.15) is 5.26 Å². The van der Waals surface area contributed by atoms with E-state index in [0.29, 0.717) is 19.3 Å². The van der Waals surface area contributed by atoms with Crippen LogP contribution < -0.4 is 10.6 Å². The molecule has 7 nitrogen and oxygen atoms in total. The Morgan fingerprint density at radius 2 is 2.04 bits per heavy atom. The van der Waals surface area contributed by atoms with E-state index in [9.17, 15) is 19.6 Å². The van der Waals surface area contributed by atoms with Crippen LogP contribution in [0, 0.1) is 11.3 Å². The molecule has 0 unspecified atom stereocenters. The van der Waals surface area contributed by atoms with E-state index in [4.69, 9.17) is 0 Å². The number of amides is 4. The predicted octanol–water partition coefficient (Wildman–Crippen LogP) is 1.44. The molecule has 1 saturated heterocycles. The van der Waals surface area contributed by atoms with Crippen LogP contribution in [0.4, 0.5) is 4.79 Å². The summed E-state index contributed by atoms with van der Waals surface area (Å²) in [5.41, 5.74) is -1.78. The van der Waals surface area contributed by atoms with Crippen molar-refractivity contribution in [2.75, 3.05) is 6.54 Å². The lowest BCUT2D eigenvalue weighted by atomic mass is 9.95. The van der Waals surface area contributed by atoms with E-state index in [2.05, 4.69) is 16.7 Å². The first kappa shape index (κ1) is 17.3. The van der Waals surface area contributed by atoms with Gasteiger partial charge in [-0.1, -0.05) is 19.8 Å². The lowest BCUT2D eigenvalue weighted by Crippen LogP contribution is -2.50. The first-order valence-electron chi connectivity index (χ1n) is 8.22. The Balaban J connectivity index is 1.99. The summed E-state index contributed by atoms with van der Waals surface area (Å²) in [5, 5.41) is 14.7. The molecule has 4 amide bonds. The summed E-state index contributed by atoms with van der Waals surface area (Å²) in [6.07, 6.45) is 5.31. The SMILES string of the molecule is CCCC[C@@]1(C)NC(=O)N(CC(=O)NC2(C#N)CCCC2)C1=O. The van der Waals surface area contributed by atoms with Crippen molar-refractivity contribution in [1.82, 2.24) is 15.5 Å². The Morgan fingerprint density at radius 3 is 2.61 bits per heavy atom. The molecule has 2 fully saturated rings. The third kappa shape index (κ3) is 3.46. The molecule has 23 heavy (non-hydrogen) atoms. The van der Waals surface area contributed by atoms with Crippen LogP contribution in [-0.2, 0) is 9.59 Å². The number of carbonyl (C=O) groups excluding carboxylic acids is 3. The van der Waals surface area contributed by atoms with Gasteiger partial charge in [-0.25, -0.2) is 4.79 Å². The Kier molecular flexibility index (Phi) is 4.93. The van der Waals surface area contributed by atoms with Crippen LogP contribution in [0.5, 0.6) is 0 Å². The average Bonchev–Trinajstić information content (AvgIpc) is 3.05. The first-order valence-corrected chi connectivity index (χ1v) is 8.22. The van der Waals surface area contributed by atoms with Crippen LogP contribution in [0.2, 0.25) is 0 Å². The van der Waals surface area contributed by atoms with Crippen molar-refractivity contribution in [3.05, 3.63) is 0 Å². The van der Waals surface area contributed by atoms with Gasteiger partial charge in [0.2, 0.25) is 5.91 Å². The summed E-state index contributed by atoms with van der Waals surface area (Å²) in [6.45, 7) is 3.36. The fraction of sp³-hybridized carbons (Fsp3) is 0.750. The Bertz CT molecular complexity index is 548. The van der Waals surface area contributed by atoms with E-state index in [1.54, 1.807) is 6.92 Å². The highest BCUT2D eigenvalue weighted by molar-refractivity contribution is 6.08. The summed E-state index contributed by atoms with van der Waals surface area (Å²) in [6, 6.07) is 1.62. The van der Waals surface area contributed by atoms with Crippen molar-refractivity contribution in [3.63, 3.8) is 0 Å². The largest absolute Gasteiger partial charge is 0.336 e. The zero-order valence-corrected chi connectivity index (χ0v) is 13.8. The molecule has 0 aromatic carbocycles. The molecule has 126 valence electrons. The number of carbonyl (C=O) groups is 3. The van der Waals surface area contributed by atoms with Gasteiger partial charge < -0.3 is 10.6 Å². The van der Waals surface area contributed by atoms with Crippen LogP contribution in [0.15, 0.2) is 0 Å². The van der Waals surface area contributed by atoms with E-state index in [-0.39, 0.29) is 12.5 Å². The number of hydrogen-bond acceptors (Lipinski definition) is 4. The highest BCUT2D eigenvalue weighted by Crippen LogP contribution is 2.29. The van der Waals surface area contributed by atoms with Gasteiger partial charge in [0.05, 0.1) is 6.07 Å². The monoisotopic (exact) mass is 320 g/mol. The minimum absolute atomic E-state index is 0.337. The maximum Gasteiger partial charge on any atom is 0.325 e. The molecule has 0 bridgehead atoms. The van der Waals surface area contributed by atoms with Crippen LogP contribution >= 0.6 is 0 Å². The second-order valence-electron chi connectivity index (χ2n) is 6.71. The Hall–Kier alpha value is -2.10. The molecule has 2 rings (SSSR count). The molecule has 1 saturated carbocycles. The molecule has 1 aliphatic heterocycles. The van der Waals surface area contributed by atoms with Gasteiger partial charge in [0.1, 0.15) is 17.6 Å². The quantitative estimate of drug-likeness (QED) is 0.723. The summed E-state index contributed by atoms with van der Waals surface area (Å²) in [7, 11) is 0. The second-order valence-corrected chi connectivity index (χ2v) is 6.71. The van der Waals surface area contributed by atoms with E-state index in [1.165, 1.54) is 0 Å². The first-order chi connectivity index (χ1) is 10.9. The minimum Gasteiger partial charge on any atom is -0.336 e. The van der Waals surface area contributed by atoms with Gasteiger partial charge in [0.15, 0.2) is 0 Å². The molecular weight excluding hydrogens is 296 g/mol. The van der Waals surface area contributed by atoms with Crippen molar-refractivity contribution in [3.8, 4) is 6.07 Å². The maximum absolute atomic E-state index is 12.5. The van der Waals surface area contributed by atoms with E-state index < -0.39 is 23.0 Å². The normalized spacial score (nSPS) is 26.0. The number of nitrogens with one attached hydrogen (secondary N) is 2. The third-order valence-electron chi connectivity index (χ3n) is 4.73. The standard InChI is InChI=1S/C16H24N4O3/c1-3-4-7-15(2)13(22)20(14(23)19-15)10-12(21)18-16(11-17)8-5-6-9-16/h3-10H2,1-2H3,(H,18,21)(H,19,23)/t15-/m1/s1. The van der Waals surface area contributed by atoms with Crippen LogP contribution in [0.1, 0.15) is 58.8 Å². The molecule has 7 heteroatoms. The fourth-order valence-electron chi connectivity index (χ4n) is 3.28. The number of imide groups is 1. The van der Waals surface area contributed by atoms with Gasteiger partial charge in [-0.3, -0.25) is 14.5 Å². The summed E-state index contributed by atoms with van der Waals surface area (Å²) < 4.78 is 0. The highest BCUT2D eigenvalue weighted by Gasteiger charge is 2.48. The number of rotatable bonds is 6. The van der Waals surface area contributed by atoms with E-state index in [1.807, 2.05) is 6.92 Å².